The standard InChI is InChI=1S/C64H84F2N6O12/c1-37(2)29-49-61(77)81-41(9)57(73)69(11)52(32-40(7)8)64(80)84-54(36-46-25-21-44(22-26-46)34-48-18-16-28-68-56(48)66)60(76)72(14)50(30-38(3)4)62(78)82-42(10)58(74)70(12)51(31-39(5)6)63(79)83-53(59(75)71(49)13)35-45-23-19-43(20-24-45)33-47-17-15-27-67-55(47)65/h15-28,37-42,49-54H,29-36H2,1-14H3/t41-,42-,49+,50+,51+,52+,53-,54-/m1/s1. The number of carbonyl (C=O) groups excluding carboxylic acids is 8. The third-order valence-corrected chi connectivity index (χ3v) is 14.8. The Balaban J connectivity index is 1.59. The van der Waals surface area contributed by atoms with Crippen LogP contribution in [-0.2, 0) is 83.0 Å². The number of halogens is 2. The molecule has 0 bridgehead atoms. The number of nitrogens with zero attached hydrogens (tertiary/aromatic N) is 6. The number of ether oxygens (including phenoxy) is 4. The smallest absolute Gasteiger partial charge is 0.329 e. The van der Waals surface area contributed by atoms with E-state index in [0.717, 1.165) is 30.7 Å². The van der Waals surface area contributed by atoms with Crippen LogP contribution in [0.4, 0.5) is 8.78 Å². The quantitative estimate of drug-likeness (QED) is 0.0593. The van der Waals surface area contributed by atoms with Gasteiger partial charge in [0.1, 0.15) is 24.2 Å². The predicted octanol–water partition coefficient (Wildman–Crippen LogP) is 7.91. The Bertz CT molecular complexity index is 2710. The monoisotopic (exact) mass is 1170 g/mol. The summed E-state index contributed by atoms with van der Waals surface area (Å²) in [4.78, 5) is 129. The SMILES string of the molecule is CC(C)C[C@H]1C(=O)O[C@H](Cc2ccc(Cc3cccnc3F)cc2)C(=O)N(C)[C@@H](CC(C)C)C(=O)O[C@H](C)C(=O)N(C)[C@@H](CC(C)C)C(=O)O[C@H](Cc2ccc(Cc3cccnc3F)cc2)C(=O)N(C)[C@@H](CC(C)C)C(=O)O[C@H](C)C(=O)N1C. The summed E-state index contributed by atoms with van der Waals surface area (Å²) in [6.45, 7) is 17.2. The van der Waals surface area contributed by atoms with Crippen molar-refractivity contribution >= 4 is 47.5 Å². The first-order valence-corrected chi connectivity index (χ1v) is 28.8. The number of cyclic esters (lactones) is 4. The maximum atomic E-state index is 15.0. The van der Waals surface area contributed by atoms with E-state index in [9.17, 15) is 37.5 Å². The van der Waals surface area contributed by atoms with Crippen molar-refractivity contribution in [1.82, 2.24) is 29.6 Å². The van der Waals surface area contributed by atoms with Gasteiger partial charge in [-0.1, -0.05) is 116 Å². The maximum absolute atomic E-state index is 15.0. The fourth-order valence-electron chi connectivity index (χ4n) is 10.0. The Morgan fingerprint density at radius 1 is 0.405 bits per heavy atom. The van der Waals surface area contributed by atoms with E-state index in [0.29, 0.717) is 22.3 Å². The molecule has 4 aromatic rings. The lowest BCUT2D eigenvalue weighted by atomic mass is 9.99. The lowest BCUT2D eigenvalue weighted by molar-refractivity contribution is -0.176. The first-order valence-electron chi connectivity index (χ1n) is 28.8. The highest BCUT2D eigenvalue weighted by Gasteiger charge is 2.43. The molecule has 18 nitrogen and oxygen atoms in total. The van der Waals surface area contributed by atoms with Gasteiger partial charge in [-0.05, 0) is 97.6 Å². The van der Waals surface area contributed by atoms with E-state index in [4.69, 9.17) is 18.9 Å². The summed E-state index contributed by atoms with van der Waals surface area (Å²) in [5.74, 6) is -9.20. The molecular weight excluding hydrogens is 1080 g/mol. The van der Waals surface area contributed by atoms with Crippen molar-refractivity contribution < 1.29 is 66.1 Å². The van der Waals surface area contributed by atoms with E-state index in [1.54, 1.807) is 72.8 Å². The van der Waals surface area contributed by atoms with Gasteiger partial charge in [0.25, 0.3) is 23.6 Å². The third-order valence-electron chi connectivity index (χ3n) is 14.8. The molecule has 0 radical (unpaired) electrons. The Morgan fingerprint density at radius 3 is 0.940 bits per heavy atom. The normalized spacial score (nSPS) is 22.6. The topological polar surface area (TPSA) is 212 Å². The number of carbonyl (C=O) groups is 8. The minimum atomic E-state index is -1.60. The Kier molecular flexibility index (Phi) is 24.6. The summed E-state index contributed by atoms with van der Waals surface area (Å²) in [6.07, 6.45) is -3.39. The fourth-order valence-corrected chi connectivity index (χ4v) is 10.0. The van der Waals surface area contributed by atoms with Gasteiger partial charge >= 0.3 is 23.9 Å². The van der Waals surface area contributed by atoms with Crippen molar-refractivity contribution in [2.24, 2.45) is 23.7 Å². The largest absolute Gasteiger partial charge is 0.451 e. The molecule has 1 saturated heterocycles. The molecule has 20 heteroatoms. The summed E-state index contributed by atoms with van der Waals surface area (Å²) in [5.41, 5.74) is 3.24. The minimum absolute atomic E-state index is 0.0396. The van der Waals surface area contributed by atoms with E-state index >= 15 is 9.59 Å². The average Bonchev–Trinajstić information content (AvgIpc) is 3.44. The van der Waals surface area contributed by atoms with Crippen molar-refractivity contribution in [2.75, 3.05) is 28.2 Å². The van der Waals surface area contributed by atoms with Crippen LogP contribution in [0.3, 0.4) is 0 Å². The van der Waals surface area contributed by atoms with Gasteiger partial charge in [-0.15, -0.1) is 0 Å². The molecule has 456 valence electrons. The molecule has 0 unspecified atom stereocenters. The van der Waals surface area contributed by atoms with Gasteiger partial charge < -0.3 is 38.5 Å². The van der Waals surface area contributed by atoms with Crippen LogP contribution in [0.25, 0.3) is 0 Å². The zero-order valence-electron chi connectivity index (χ0n) is 51.0. The molecule has 1 aliphatic heterocycles. The Morgan fingerprint density at radius 2 is 0.667 bits per heavy atom. The number of aromatic nitrogens is 2. The summed E-state index contributed by atoms with van der Waals surface area (Å²) >= 11 is 0. The number of hydrogen-bond donors (Lipinski definition) is 0. The van der Waals surface area contributed by atoms with E-state index < -0.39 is 108 Å². The highest BCUT2D eigenvalue weighted by molar-refractivity contribution is 5.94. The van der Waals surface area contributed by atoms with Crippen LogP contribution in [0.1, 0.15) is 128 Å². The molecule has 0 spiro atoms. The zero-order valence-corrected chi connectivity index (χ0v) is 51.0. The van der Waals surface area contributed by atoms with Gasteiger partial charge in [0.15, 0.2) is 24.4 Å². The summed E-state index contributed by atoms with van der Waals surface area (Å²) in [7, 11) is 5.42. The molecule has 2 aromatic heterocycles. The predicted molar refractivity (Wildman–Crippen MR) is 309 cm³/mol. The van der Waals surface area contributed by atoms with E-state index in [-0.39, 0.29) is 75.0 Å². The van der Waals surface area contributed by atoms with Crippen LogP contribution in [0.5, 0.6) is 0 Å². The van der Waals surface area contributed by atoms with Gasteiger partial charge in [-0.25, -0.2) is 29.1 Å². The Labute approximate surface area is 492 Å². The molecule has 8 atom stereocenters. The number of esters is 4. The molecule has 4 amide bonds. The molecule has 0 aliphatic carbocycles. The first-order chi connectivity index (χ1) is 39.6. The van der Waals surface area contributed by atoms with Crippen molar-refractivity contribution in [2.45, 2.75) is 169 Å². The molecule has 0 saturated carbocycles. The van der Waals surface area contributed by atoms with Gasteiger partial charge in [-0.2, -0.15) is 8.78 Å². The van der Waals surface area contributed by atoms with Crippen molar-refractivity contribution in [3.8, 4) is 0 Å². The first kappa shape index (κ1) is 67.2. The minimum Gasteiger partial charge on any atom is -0.451 e. The van der Waals surface area contributed by atoms with Crippen molar-refractivity contribution in [3.63, 3.8) is 0 Å². The van der Waals surface area contributed by atoms with Crippen LogP contribution >= 0.6 is 0 Å². The van der Waals surface area contributed by atoms with E-state index in [2.05, 4.69) is 9.97 Å². The van der Waals surface area contributed by atoms with Gasteiger partial charge in [0.05, 0.1) is 0 Å². The van der Waals surface area contributed by atoms with Crippen LogP contribution < -0.4 is 0 Å². The summed E-state index contributed by atoms with van der Waals surface area (Å²) in [5, 5.41) is 0. The maximum Gasteiger partial charge on any atom is 0.329 e. The highest BCUT2D eigenvalue weighted by atomic mass is 19.1. The average molecular weight is 1170 g/mol. The lowest BCUT2D eigenvalue weighted by Crippen LogP contribution is -2.55. The second kappa shape index (κ2) is 30.8. The highest BCUT2D eigenvalue weighted by Crippen LogP contribution is 2.25. The molecule has 3 heterocycles. The zero-order chi connectivity index (χ0) is 62.3. The summed E-state index contributed by atoms with van der Waals surface area (Å²) < 4.78 is 53.2. The second-order valence-electron chi connectivity index (χ2n) is 23.7. The number of amides is 4. The number of hydrogen-bond acceptors (Lipinski definition) is 14. The number of rotatable bonds is 16. The number of likely N-dealkylation sites (N-methyl/N-ethyl adjacent to an activating group) is 4. The molecule has 84 heavy (non-hydrogen) atoms. The van der Waals surface area contributed by atoms with Crippen LogP contribution in [0, 0.1) is 35.6 Å². The van der Waals surface area contributed by atoms with Crippen LogP contribution in [-0.4, -0.2) is 154 Å². The second-order valence-corrected chi connectivity index (χ2v) is 23.7. The van der Waals surface area contributed by atoms with Crippen LogP contribution in [0.15, 0.2) is 85.2 Å². The number of benzene rings is 2. The van der Waals surface area contributed by atoms with E-state index in [1.807, 2.05) is 55.4 Å². The Hall–Kier alpha value is -7.64. The van der Waals surface area contributed by atoms with Gasteiger partial charge in [0.2, 0.25) is 11.9 Å². The van der Waals surface area contributed by atoms with Crippen molar-refractivity contribution in [1.29, 1.82) is 0 Å². The third kappa shape index (κ3) is 18.7. The van der Waals surface area contributed by atoms with E-state index in [1.165, 1.54) is 54.4 Å². The molecular formula is C64H84F2N6O12. The van der Waals surface area contributed by atoms with Crippen molar-refractivity contribution in [3.05, 3.63) is 130 Å². The van der Waals surface area contributed by atoms with Gasteiger partial charge in [0, 0.05) is 77.4 Å². The lowest BCUT2D eigenvalue weighted by Gasteiger charge is -2.35. The fraction of sp³-hybridized carbons (Fsp3) is 0.531. The summed E-state index contributed by atoms with van der Waals surface area (Å²) in [6, 6.07) is 14.9. The van der Waals surface area contributed by atoms with Gasteiger partial charge in [-0.3, -0.25) is 19.2 Å². The molecule has 1 aliphatic rings. The molecule has 5 rings (SSSR count). The number of pyridine rings is 2. The van der Waals surface area contributed by atoms with Crippen LogP contribution in [0.2, 0.25) is 0 Å². The molecule has 1 fully saturated rings. The molecule has 2 aromatic carbocycles. The molecule has 0 N–H and O–H groups in total.